The van der Waals surface area contributed by atoms with Crippen molar-refractivity contribution in [3.05, 3.63) is 0 Å². The van der Waals surface area contributed by atoms with Gasteiger partial charge in [0, 0.05) is 13.2 Å². The minimum atomic E-state index is 0.169. The highest BCUT2D eigenvalue weighted by Gasteiger charge is 2.22. The van der Waals surface area contributed by atoms with E-state index in [2.05, 4.69) is 16.7 Å². The minimum Gasteiger partial charge on any atom is -0.377 e. The van der Waals surface area contributed by atoms with E-state index in [4.69, 9.17) is 4.74 Å². The highest BCUT2D eigenvalue weighted by molar-refractivity contribution is 5.81. The average molecular weight is 228 g/mol. The Morgan fingerprint density at radius 2 is 2.06 bits per heavy atom. The van der Waals surface area contributed by atoms with Crippen LogP contribution in [0.5, 0.6) is 0 Å². The number of Topliss-reactive ketones (excluding diaryl/α,β-unsaturated/α-hetero) is 1. The smallest absolute Gasteiger partial charge is 0.172 e. The zero-order valence-corrected chi connectivity index (χ0v) is 10.7. The van der Waals surface area contributed by atoms with Crippen molar-refractivity contribution >= 4 is 5.78 Å². The third kappa shape index (κ3) is 4.20. The summed E-state index contributed by atoms with van der Waals surface area (Å²) in [6.45, 7) is 6.40. The van der Waals surface area contributed by atoms with E-state index in [0.717, 1.165) is 19.6 Å². The molecular formula is C12H24N2O2. The largest absolute Gasteiger partial charge is 0.377 e. The summed E-state index contributed by atoms with van der Waals surface area (Å²) in [6.07, 6.45) is 2.34. The number of ketones is 1. The van der Waals surface area contributed by atoms with Gasteiger partial charge in [-0.1, -0.05) is 6.92 Å². The Labute approximate surface area is 98.5 Å². The fourth-order valence-corrected chi connectivity index (χ4v) is 2.29. The Hall–Kier alpha value is -0.450. The molecule has 0 radical (unpaired) electrons. The van der Waals surface area contributed by atoms with Gasteiger partial charge in [-0.3, -0.25) is 9.69 Å². The van der Waals surface area contributed by atoms with Gasteiger partial charge in [0.15, 0.2) is 5.78 Å². The second kappa shape index (κ2) is 6.99. The number of hydrogen-bond acceptors (Lipinski definition) is 4. The SMILES string of the molecule is CCN1CCC(N(C)CC(=O)COC)CC1. The number of rotatable bonds is 6. The lowest BCUT2D eigenvalue weighted by molar-refractivity contribution is -0.124. The van der Waals surface area contributed by atoms with Crippen molar-refractivity contribution in [2.24, 2.45) is 0 Å². The summed E-state index contributed by atoms with van der Waals surface area (Å²) in [5.41, 5.74) is 0. The Balaban J connectivity index is 2.27. The predicted molar refractivity (Wildman–Crippen MR) is 64.6 cm³/mol. The quantitative estimate of drug-likeness (QED) is 0.667. The molecule has 1 saturated heterocycles. The number of carbonyl (C=O) groups excluding carboxylic acids is 1. The number of likely N-dealkylation sites (N-methyl/N-ethyl adjacent to an activating group) is 1. The lowest BCUT2D eigenvalue weighted by atomic mass is 10.0. The summed E-state index contributed by atoms with van der Waals surface area (Å²) in [5, 5.41) is 0. The van der Waals surface area contributed by atoms with Gasteiger partial charge in [-0.05, 0) is 39.5 Å². The molecule has 94 valence electrons. The van der Waals surface area contributed by atoms with Gasteiger partial charge in [-0.25, -0.2) is 0 Å². The molecule has 0 aromatic rings. The molecule has 0 aromatic heterocycles. The van der Waals surface area contributed by atoms with Crippen LogP contribution in [-0.4, -0.2) is 68.6 Å². The molecule has 0 atom stereocenters. The first-order chi connectivity index (χ1) is 7.67. The molecule has 0 unspecified atom stereocenters. The fourth-order valence-electron chi connectivity index (χ4n) is 2.29. The van der Waals surface area contributed by atoms with Crippen molar-refractivity contribution < 1.29 is 9.53 Å². The first-order valence-electron chi connectivity index (χ1n) is 6.10. The summed E-state index contributed by atoms with van der Waals surface area (Å²) in [4.78, 5) is 16.1. The summed E-state index contributed by atoms with van der Waals surface area (Å²) in [7, 11) is 3.61. The molecule has 0 aliphatic carbocycles. The first kappa shape index (κ1) is 13.6. The maximum absolute atomic E-state index is 11.4. The van der Waals surface area contributed by atoms with E-state index in [9.17, 15) is 4.79 Å². The Morgan fingerprint density at radius 3 is 2.56 bits per heavy atom. The van der Waals surface area contributed by atoms with E-state index in [1.54, 1.807) is 7.11 Å². The zero-order chi connectivity index (χ0) is 12.0. The molecule has 0 spiro atoms. The maximum Gasteiger partial charge on any atom is 0.172 e. The molecule has 1 aliphatic rings. The molecule has 0 aromatic carbocycles. The fraction of sp³-hybridized carbons (Fsp3) is 0.917. The number of methoxy groups -OCH3 is 1. The number of carbonyl (C=O) groups is 1. The molecule has 1 aliphatic heterocycles. The highest BCUT2D eigenvalue weighted by atomic mass is 16.5. The number of hydrogen-bond donors (Lipinski definition) is 0. The van der Waals surface area contributed by atoms with E-state index in [-0.39, 0.29) is 12.4 Å². The van der Waals surface area contributed by atoms with Gasteiger partial charge in [0.05, 0.1) is 6.54 Å². The van der Waals surface area contributed by atoms with Crippen molar-refractivity contribution in [3.63, 3.8) is 0 Å². The lowest BCUT2D eigenvalue weighted by Crippen LogP contribution is -2.45. The van der Waals surface area contributed by atoms with Gasteiger partial charge in [0.25, 0.3) is 0 Å². The van der Waals surface area contributed by atoms with Gasteiger partial charge < -0.3 is 9.64 Å². The molecule has 0 N–H and O–H groups in total. The van der Waals surface area contributed by atoms with Crippen molar-refractivity contribution in [2.75, 3.05) is 46.9 Å². The summed E-state index contributed by atoms with van der Waals surface area (Å²) >= 11 is 0. The summed E-state index contributed by atoms with van der Waals surface area (Å²) in [6, 6.07) is 0.559. The highest BCUT2D eigenvalue weighted by Crippen LogP contribution is 2.14. The predicted octanol–water partition coefficient (Wildman–Crippen LogP) is 0.618. The van der Waals surface area contributed by atoms with Gasteiger partial charge >= 0.3 is 0 Å². The van der Waals surface area contributed by atoms with Crippen LogP contribution in [0.2, 0.25) is 0 Å². The number of nitrogens with zero attached hydrogens (tertiary/aromatic N) is 2. The standard InChI is InChI=1S/C12H24N2O2/c1-4-14-7-5-11(6-8-14)13(2)9-12(15)10-16-3/h11H,4-10H2,1-3H3. The van der Waals surface area contributed by atoms with Crippen molar-refractivity contribution in [3.8, 4) is 0 Å². The summed E-state index contributed by atoms with van der Waals surface area (Å²) in [5.74, 6) is 0.169. The third-order valence-corrected chi connectivity index (χ3v) is 3.36. The molecule has 4 heteroatoms. The minimum absolute atomic E-state index is 0.169. The zero-order valence-electron chi connectivity index (χ0n) is 10.7. The molecule has 0 saturated carbocycles. The van der Waals surface area contributed by atoms with E-state index < -0.39 is 0 Å². The van der Waals surface area contributed by atoms with Crippen LogP contribution >= 0.6 is 0 Å². The first-order valence-corrected chi connectivity index (χ1v) is 6.10. The van der Waals surface area contributed by atoms with E-state index in [1.807, 2.05) is 7.05 Å². The Kier molecular flexibility index (Phi) is 5.95. The van der Waals surface area contributed by atoms with Gasteiger partial charge in [-0.15, -0.1) is 0 Å². The van der Waals surface area contributed by atoms with Crippen LogP contribution in [0.15, 0.2) is 0 Å². The monoisotopic (exact) mass is 228 g/mol. The molecule has 0 bridgehead atoms. The molecule has 16 heavy (non-hydrogen) atoms. The third-order valence-electron chi connectivity index (χ3n) is 3.36. The molecule has 1 heterocycles. The van der Waals surface area contributed by atoms with Crippen LogP contribution in [0.4, 0.5) is 0 Å². The van der Waals surface area contributed by atoms with Gasteiger partial charge in [-0.2, -0.15) is 0 Å². The maximum atomic E-state index is 11.4. The van der Waals surface area contributed by atoms with Crippen LogP contribution in [0.1, 0.15) is 19.8 Å². The molecule has 1 rings (SSSR count). The second-order valence-electron chi connectivity index (χ2n) is 4.55. The lowest BCUT2D eigenvalue weighted by Gasteiger charge is -2.35. The molecule has 4 nitrogen and oxygen atoms in total. The van der Waals surface area contributed by atoms with E-state index >= 15 is 0 Å². The van der Waals surface area contributed by atoms with Crippen molar-refractivity contribution in [1.82, 2.24) is 9.80 Å². The number of piperidine rings is 1. The van der Waals surface area contributed by atoms with Crippen LogP contribution in [0.25, 0.3) is 0 Å². The average Bonchev–Trinajstić information content (AvgIpc) is 2.29. The van der Waals surface area contributed by atoms with Gasteiger partial charge in [0.1, 0.15) is 6.61 Å². The topological polar surface area (TPSA) is 32.8 Å². The van der Waals surface area contributed by atoms with Crippen LogP contribution < -0.4 is 0 Å². The van der Waals surface area contributed by atoms with E-state index in [1.165, 1.54) is 12.8 Å². The van der Waals surface area contributed by atoms with Crippen molar-refractivity contribution in [1.29, 1.82) is 0 Å². The van der Waals surface area contributed by atoms with Crippen molar-refractivity contribution in [2.45, 2.75) is 25.8 Å². The normalized spacial score (nSPS) is 19.2. The van der Waals surface area contributed by atoms with Gasteiger partial charge in [0.2, 0.25) is 0 Å². The second-order valence-corrected chi connectivity index (χ2v) is 4.55. The molecular weight excluding hydrogens is 204 g/mol. The van der Waals surface area contributed by atoms with Crippen LogP contribution in [0, 0.1) is 0 Å². The van der Waals surface area contributed by atoms with E-state index in [0.29, 0.717) is 12.6 Å². The van der Waals surface area contributed by atoms with Crippen LogP contribution in [-0.2, 0) is 9.53 Å². The number of ether oxygens (including phenoxy) is 1. The Morgan fingerprint density at radius 1 is 1.44 bits per heavy atom. The van der Waals surface area contributed by atoms with Crippen LogP contribution in [0.3, 0.4) is 0 Å². The Bertz CT molecular complexity index is 213. The summed E-state index contributed by atoms with van der Waals surface area (Å²) < 4.78 is 4.84. The number of likely N-dealkylation sites (tertiary alicyclic amines) is 1. The molecule has 1 fully saturated rings. The molecule has 0 amide bonds.